The third-order valence-electron chi connectivity index (χ3n) is 6.84. The van der Waals surface area contributed by atoms with Crippen LogP contribution in [0.15, 0.2) is 0 Å². The smallest absolute Gasteiger partial charge is 0.161 e. The maximum absolute atomic E-state index is 11.9. The lowest BCUT2D eigenvalue weighted by atomic mass is 10.5. The fourth-order valence-electron chi connectivity index (χ4n) is 6.11. The summed E-state index contributed by atoms with van der Waals surface area (Å²) in [6, 6.07) is 0. The fourth-order valence-corrected chi connectivity index (χ4v) is 146. The second-order valence-corrected chi connectivity index (χ2v) is 52.1. The zero-order chi connectivity index (χ0) is 14.7. The molecular weight excluding hydrogens is 284 g/mol. The van der Waals surface area contributed by atoms with Crippen molar-refractivity contribution in [3.63, 3.8) is 0 Å². The van der Waals surface area contributed by atoms with Crippen LogP contribution in [0.1, 0.15) is 41.5 Å². The van der Waals surface area contributed by atoms with Gasteiger partial charge in [-0.1, -0.05) is 78.8 Å². The van der Waals surface area contributed by atoms with E-state index in [1.165, 1.54) is 0 Å². The molecule has 0 spiro atoms. The van der Waals surface area contributed by atoms with Crippen molar-refractivity contribution in [3.8, 4) is 0 Å². The maximum atomic E-state index is 11.9. The Bertz CT molecular complexity index is 328. The van der Waals surface area contributed by atoms with Crippen LogP contribution in [0, 0.1) is 0 Å². The summed E-state index contributed by atoms with van der Waals surface area (Å²) in [6.45, 7) is 24.8. The van der Waals surface area contributed by atoms with Gasteiger partial charge in [-0.3, -0.25) is 0 Å². The van der Waals surface area contributed by atoms with Crippen LogP contribution in [0.4, 0.5) is 0 Å². The number of hydrogen-bond acceptors (Lipinski definition) is 1. The molecular formula is C13H34OSi4. The van der Waals surface area contributed by atoms with Crippen LogP contribution in [0.3, 0.4) is 0 Å². The van der Waals surface area contributed by atoms with E-state index >= 15 is 0 Å². The predicted octanol–water partition coefficient (Wildman–Crippen LogP) is 4.35. The Morgan fingerprint density at radius 2 is 0.944 bits per heavy atom. The summed E-state index contributed by atoms with van der Waals surface area (Å²) in [5.41, 5.74) is 2.13. The highest BCUT2D eigenvalue weighted by Crippen LogP contribution is 2.62. The van der Waals surface area contributed by atoms with Crippen LogP contribution >= 0.6 is 0 Å². The maximum Gasteiger partial charge on any atom is 0.161 e. The van der Waals surface area contributed by atoms with Gasteiger partial charge in [0, 0.05) is 7.11 Å². The topological polar surface area (TPSA) is 20.2 Å². The minimum atomic E-state index is -2.00. The van der Waals surface area contributed by atoms with Crippen molar-refractivity contribution in [1.29, 1.82) is 0 Å². The van der Waals surface area contributed by atoms with E-state index in [2.05, 4.69) is 67.7 Å². The number of rotatable bonds is 3. The average molecular weight is 319 g/mol. The molecule has 108 valence electrons. The van der Waals surface area contributed by atoms with Crippen LogP contribution < -0.4 is 0 Å². The van der Waals surface area contributed by atoms with E-state index < -0.39 is 28.7 Å². The molecule has 1 heterocycles. The van der Waals surface area contributed by atoms with Gasteiger partial charge in [0.2, 0.25) is 0 Å². The lowest BCUT2D eigenvalue weighted by molar-refractivity contribution is 0.554. The first kappa shape index (κ1) is 16.9. The van der Waals surface area contributed by atoms with Gasteiger partial charge in [-0.15, -0.1) is 0 Å². The highest BCUT2D eigenvalue weighted by Gasteiger charge is 2.86. The van der Waals surface area contributed by atoms with E-state index in [-0.39, 0.29) is 0 Å². The minimum absolute atomic E-state index is 0.580. The SMILES string of the molecule is CC(C)[Si]1(O)[Si](C)(C)[Si](C)(C)[Si]1(C(C)C)C(C)C. The van der Waals surface area contributed by atoms with Crippen molar-refractivity contribution in [3.05, 3.63) is 0 Å². The highest BCUT2D eigenvalue weighted by molar-refractivity contribution is 8.12. The molecule has 0 aromatic rings. The molecule has 1 fully saturated rings. The van der Waals surface area contributed by atoms with Crippen molar-refractivity contribution in [2.45, 2.75) is 84.4 Å². The molecule has 1 saturated heterocycles. The highest BCUT2D eigenvalue weighted by atomic mass is 30.2. The summed E-state index contributed by atoms with van der Waals surface area (Å²) in [6.07, 6.45) is 0. The second kappa shape index (κ2) is 4.41. The third kappa shape index (κ3) is 1.40. The third-order valence-corrected chi connectivity index (χ3v) is 102. The summed E-state index contributed by atoms with van der Waals surface area (Å²) >= 11 is 0. The lowest BCUT2D eigenvalue weighted by Gasteiger charge is -2.77. The Labute approximate surface area is 118 Å². The molecule has 0 bridgehead atoms. The van der Waals surface area contributed by atoms with Crippen molar-refractivity contribution < 1.29 is 4.80 Å². The summed E-state index contributed by atoms with van der Waals surface area (Å²) in [4.78, 5) is 11.9. The summed E-state index contributed by atoms with van der Waals surface area (Å²) < 4.78 is 0. The van der Waals surface area contributed by atoms with E-state index in [1.54, 1.807) is 0 Å². The standard InChI is InChI=1S/C13H34OSi4/c1-11(2)17(12(3)4)15(7,8)16(9,10)18(17,14)13(5)6/h11-14H,1-10H3. The molecule has 18 heavy (non-hydrogen) atoms. The van der Waals surface area contributed by atoms with E-state index in [1.807, 2.05) is 0 Å². The van der Waals surface area contributed by atoms with Crippen molar-refractivity contribution in [2.24, 2.45) is 0 Å². The Kier molecular flexibility index (Phi) is 4.14. The molecule has 1 unspecified atom stereocenters. The minimum Gasteiger partial charge on any atom is -0.437 e. The average Bonchev–Trinajstić information content (AvgIpc) is 2.14. The van der Waals surface area contributed by atoms with Crippen LogP contribution in [-0.4, -0.2) is 33.5 Å². The van der Waals surface area contributed by atoms with Crippen LogP contribution in [0.2, 0.25) is 42.8 Å². The first-order valence-corrected chi connectivity index (χ1v) is 21.7. The van der Waals surface area contributed by atoms with Crippen LogP contribution in [0.25, 0.3) is 0 Å². The predicted molar refractivity (Wildman–Crippen MR) is 94.0 cm³/mol. The summed E-state index contributed by atoms with van der Waals surface area (Å²) in [5, 5.41) is 0. The zero-order valence-corrected chi connectivity index (χ0v) is 18.2. The van der Waals surface area contributed by atoms with Gasteiger partial charge < -0.3 is 4.80 Å². The Balaban J connectivity index is 3.58. The molecule has 0 amide bonds. The normalized spacial score (nSPS) is 33.0. The van der Waals surface area contributed by atoms with Gasteiger partial charge in [-0.05, 0) is 5.54 Å². The van der Waals surface area contributed by atoms with Crippen molar-refractivity contribution in [1.82, 2.24) is 0 Å². The van der Waals surface area contributed by atoms with Gasteiger partial charge in [-0.2, -0.15) is 0 Å². The van der Waals surface area contributed by atoms with Gasteiger partial charge in [0.25, 0.3) is 0 Å². The first-order valence-electron chi connectivity index (χ1n) is 7.55. The molecule has 1 aliphatic rings. The first-order chi connectivity index (χ1) is 7.83. The van der Waals surface area contributed by atoms with Crippen molar-refractivity contribution >= 4 is 28.7 Å². The fraction of sp³-hybridized carbons (Fsp3) is 1.00. The molecule has 1 aliphatic heterocycles. The van der Waals surface area contributed by atoms with E-state index in [0.717, 1.165) is 11.1 Å². The van der Waals surface area contributed by atoms with Gasteiger partial charge in [0.1, 0.15) is 0 Å². The molecule has 5 heteroatoms. The number of hydrogen-bond donors (Lipinski definition) is 1. The molecule has 0 saturated carbocycles. The summed E-state index contributed by atoms with van der Waals surface area (Å²) in [7, 11) is -6.04. The van der Waals surface area contributed by atoms with Crippen molar-refractivity contribution in [2.75, 3.05) is 0 Å². The monoisotopic (exact) mass is 318 g/mol. The zero-order valence-electron chi connectivity index (χ0n) is 14.2. The van der Waals surface area contributed by atoms with E-state index in [4.69, 9.17) is 0 Å². The van der Waals surface area contributed by atoms with Crippen LogP contribution in [0.5, 0.6) is 0 Å². The molecule has 1 atom stereocenters. The Hall–Kier alpha value is 0.828. The van der Waals surface area contributed by atoms with Crippen LogP contribution in [-0.2, 0) is 0 Å². The van der Waals surface area contributed by atoms with Gasteiger partial charge in [0.15, 0.2) is 7.35 Å². The molecule has 1 rings (SSSR count). The molecule has 0 aliphatic carbocycles. The molecule has 1 nitrogen and oxygen atoms in total. The lowest BCUT2D eigenvalue weighted by Crippen LogP contribution is -3.06. The summed E-state index contributed by atoms with van der Waals surface area (Å²) in [5.74, 6) is 0. The van der Waals surface area contributed by atoms with E-state index in [9.17, 15) is 4.80 Å². The molecule has 0 aromatic carbocycles. The molecule has 0 aromatic heterocycles. The van der Waals surface area contributed by atoms with Gasteiger partial charge in [-0.25, -0.2) is 0 Å². The largest absolute Gasteiger partial charge is 0.437 e. The molecule has 0 radical (unpaired) electrons. The quantitative estimate of drug-likeness (QED) is 0.767. The Morgan fingerprint density at radius 1 is 0.611 bits per heavy atom. The van der Waals surface area contributed by atoms with Gasteiger partial charge >= 0.3 is 0 Å². The molecule has 1 N–H and O–H groups in total. The second-order valence-electron chi connectivity index (χ2n) is 8.35. The Morgan fingerprint density at radius 3 is 1.11 bits per heavy atom. The van der Waals surface area contributed by atoms with Gasteiger partial charge in [0.05, 0.1) is 14.2 Å². The van der Waals surface area contributed by atoms with E-state index in [0.29, 0.717) is 5.54 Å².